The molecule has 0 aliphatic heterocycles. The number of anilines is 2. The third kappa shape index (κ3) is 5.83. The largest absolute Gasteiger partial charge is 0.480 e. The number of halogens is 3. The van der Waals surface area contributed by atoms with E-state index in [2.05, 4.69) is 15.6 Å². The zero-order valence-corrected chi connectivity index (χ0v) is 19.3. The van der Waals surface area contributed by atoms with Crippen molar-refractivity contribution in [1.82, 2.24) is 10.3 Å². The van der Waals surface area contributed by atoms with Gasteiger partial charge in [0.25, 0.3) is 5.91 Å². The van der Waals surface area contributed by atoms with E-state index in [1.165, 1.54) is 53.8 Å². The van der Waals surface area contributed by atoms with E-state index < -0.39 is 29.6 Å². The van der Waals surface area contributed by atoms with Crippen LogP contribution in [0.15, 0.2) is 54.6 Å². The summed E-state index contributed by atoms with van der Waals surface area (Å²) in [7, 11) is 0. The number of amides is 1. The zero-order chi connectivity index (χ0) is 25.1. The van der Waals surface area contributed by atoms with Crippen molar-refractivity contribution in [2.45, 2.75) is 33.2 Å². The molecule has 0 spiro atoms. The highest BCUT2D eigenvalue weighted by atomic mass is 32.1. The van der Waals surface area contributed by atoms with Crippen LogP contribution in [0.1, 0.15) is 37.6 Å². The lowest BCUT2D eigenvalue weighted by Gasteiger charge is -2.14. The van der Waals surface area contributed by atoms with E-state index in [0.29, 0.717) is 32.9 Å². The van der Waals surface area contributed by atoms with Crippen LogP contribution in [0, 0.1) is 17.5 Å². The first-order valence-electron chi connectivity index (χ1n) is 10.7. The minimum absolute atomic E-state index is 0. The van der Waals surface area contributed by atoms with Gasteiger partial charge in [-0.2, -0.15) is 0 Å². The summed E-state index contributed by atoms with van der Waals surface area (Å²) in [4.78, 5) is 27.9. The lowest BCUT2D eigenvalue weighted by atomic mass is 10.0. The van der Waals surface area contributed by atoms with Gasteiger partial charge in [0.2, 0.25) is 0 Å². The van der Waals surface area contributed by atoms with Gasteiger partial charge >= 0.3 is 5.97 Å². The number of carboxylic acids is 1. The van der Waals surface area contributed by atoms with Gasteiger partial charge in [0.15, 0.2) is 5.13 Å². The number of nitrogens with zero attached hydrogens (tertiary/aromatic N) is 1. The average molecular weight is 516 g/mol. The molecule has 0 unspecified atom stereocenters. The Morgan fingerprint density at radius 1 is 1.00 bits per heavy atom. The number of rotatable bonds is 8. The van der Waals surface area contributed by atoms with Crippen molar-refractivity contribution in [2.24, 2.45) is 0 Å². The molecule has 188 valence electrons. The first kappa shape index (κ1) is 26.7. The van der Waals surface area contributed by atoms with Gasteiger partial charge in [-0.15, -0.1) is 0 Å². The van der Waals surface area contributed by atoms with E-state index >= 15 is 0 Å². The normalized spacial score (nSPS) is 11.6. The van der Waals surface area contributed by atoms with E-state index in [1.807, 2.05) is 0 Å². The van der Waals surface area contributed by atoms with Gasteiger partial charge in [-0.25, -0.2) is 22.9 Å². The fourth-order valence-corrected chi connectivity index (χ4v) is 4.43. The van der Waals surface area contributed by atoms with Gasteiger partial charge in [-0.3, -0.25) is 4.79 Å². The van der Waals surface area contributed by atoms with Crippen molar-refractivity contribution in [3.63, 3.8) is 0 Å². The lowest BCUT2D eigenvalue weighted by molar-refractivity contribution is -0.139. The summed E-state index contributed by atoms with van der Waals surface area (Å²) in [5, 5.41) is 14.8. The summed E-state index contributed by atoms with van der Waals surface area (Å²) in [5.74, 6) is -3.89. The maximum Gasteiger partial charge on any atom is 0.326 e. The molecular formula is C26H24F3N3O3S. The molecule has 0 aliphatic rings. The molecule has 0 bridgehead atoms. The van der Waals surface area contributed by atoms with E-state index in [-0.39, 0.29) is 30.9 Å². The Hall–Kier alpha value is -3.92. The predicted octanol–water partition coefficient (Wildman–Crippen LogP) is 6.74. The van der Waals surface area contributed by atoms with Crippen LogP contribution < -0.4 is 10.6 Å². The highest BCUT2D eigenvalue weighted by molar-refractivity contribution is 7.22. The highest BCUT2D eigenvalue weighted by Crippen LogP contribution is 2.31. The predicted molar refractivity (Wildman–Crippen MR) is 135 cm³/mol. The van der Waals surface area contributed by atoms with Crippen molar-refractivity contribution in [2.75, 3.05) is 5.32 Å². The second-order valence-electron chi connectivity index (χ2n) is 7.80. The van der Waals surface area contributed by atoms with E-state index in [1.54, 1.807) is 13.0 Å². The Balaban J connectivity index is 0.00000361. The molecular weight excluding hydrogens is 491 g/mol. The number of carbonyl (C=O) groups is 2. The van der Waals surface area contributed by atoms with Crippen LogP contribution in [-0.4, -0.2) is 28.0 Å². The fourth-order valence-electron chi connectivity index (χ4n) is 3.52. The number of carbonyl (C=O) groups excluding carboxylic acids is 1. The summed E-state index contributed by atoms with van der Waals surface area (Å²) in [5.41, 5.74) is 1.13. The van der Waals surface area contributed by atoms with Crippen molar-refractivity contribution >= 4 is 44.2 Å². The quantitative estimate of drug-likeness (QED) is 0.242. The number of aliphatic carboxylic acids is 1. The average Bonchev–Trinajstić information content (AvgIpc) is 3.21. The Bertz CT molecular complexity index is 1420. The van der Waals surface area contributed by atoms with Crippen LogP contribution in [0.5, 0.6) is 0 Å². The number of aromatic nitrogens is 1. The fraction of sp³-hybridized carbons (Fsp3) is 0.192. The first-order chi connectivity index (χ1) is 16.7. The standard InChI is InChI=1S/C25H20F3N3O3S.CH4/c1-2-3-21(24(33)34)29-23(32)16-7-4-13(10-17(16)27)14-5-8-19(18(28)11-14)30-25-31-20-9-6-15(26)12-22(20)35-25;/h4-12,21H,2-3H2,1H3,(H,29,32)(H,30,31)(H,33,34);1H4/t21-;/m0./s1. The summed E-state index contributed by atoms with van der Waals surface area (Å²) in [6, 6.07) is 11.1. The van der Waals surface area contributed by atoms with Crippen molar-refractivity contribution in [3.8, 4) is 11.1 Å². The van der Waals surface area contributed by atoms with Gasteiger partial charge in [0, 0.05) is 0 Å². The van der Waals surface area contributed by atoms with Crippen LogP contribution in [-0.2, 0) is 4.79 Å². The monoisotopic (exact) mass is 515 g/mol. The van der Waals surface area contributed by atoms with Gasteiger partial charge in [-0.1, -0.05) is 44.2 Å². The number of nitrogens with one attached hydrogen (secondary N) is 2. The summed E-state index contributed by atoms with van der Waals surface area (Å²) < 4.78 is 43.5. The molecule has 6 nitrogen and oxygen atoms in total. The molecule has 3 aromatic carbocycles. The molecule has 1 atom stereocenters. The van der Waals surface area contributed by atoms with Crippen molar-refractivity contribution in [1.29, 1.82) is 0 Å². The molecule has 1 heterocycles. The van der Waals surface area contributed by atoms with E-state index in [9.17, 15) is 27.9 Å². The maximum absolute atomic E-state index is 14.8. The molecule has 36 heavy (non-hydrogen) atoms. The van der Waals surface area contributed by atoms with Crippen LogP contribution in [0.4, 0.5) is 24.0 Å². The molecule has 1 amide bonds. The molecule has 0 fully saturated rings. The van der Waals surface area contributed by atoms with E-state index in [4.69, 9.17) is 0 Å². The van der Waals surface area contributed by atoms with Crippen LogP contribution in [0.2, 0.25) is 0 Å². The number of thiazole rings is 1. The van der Waals surface area contributed by atoms with Gasteiger partial charge in [0.05, 0.1) is 21.5 Å². The van der Waals surface area contributed by atoms with Gasteiger partial charge in [0.1, 0.15) is 23.5 Å². The molecule has 4 rings (SSSR count). The summed E-state index contributed by atoms with van der Waals surface area (Å²) in [6.07, 6.45) is 0.751. The van der Waals surface area contributed by atoms with Crippen LogP contribution >= 0.6 is 11.3 Å². The van der Waals surface area contributed by atoms with Crippen molar-refractivity contribution in [3.05, 3.63) is 77.6 Å². The Labute approximate surface area is 209 Å². The number of fused-ring (bicyclic) bond motifs is 1. The van der Waals surface area contributed by atoms with Gasteiger partial charge < -0.3 is 15.7 Å². The Morgan fingerprint density at radius 2 is 1.69 bits per heavy atom. The van der Waals surface area contributed by atoms with E-state index in [0.717, 1.165) is 6.07 Å². The molecule has 0 saturated carbocycles. The smallest absolute Gasteiger partial charge is 0.326 e. The number of carboxylic acid groups (broad SMARTS) is 1. The molecule has 3 N–H and O–H groups in total. The summed E-state index contributed by atoms with van der Waals surface area (Å²) >= 11 is 1.18. The SMILES string of the molecule is C.CCC[C@H](NC(=O)c1ccc(-c2ccc(Nc3nc4ccc(F)cc4s3)c(F)c2)cc1F)C(=O)O. The zero-order valence-electron chi connectivity index (χ0n) is 18.4. The van der Waals surface area contributed by atoms with Crippen LogP contribution in [0.3, 0.4) is 0 Å². The van der Waals surface area contributed by atoms with Crippen LogP contribution in [0.25, 0.3) is 21.3 Å². The topological polar surface area (TPSA) is 91.3 Å². The number of hydrogen-bond acceptors (Lipinski definition) is 5. The number of benzene rings is 3. The highest BCUT2D eigenvalue weighted by Gasteiger charge is 2.22. The minimum Gasteiger partial charge on any atom is -0.480 e. The van der Waals surface area contributed by atoms with Gasteiger partial charge in [-0.05, 0) is 60.0 Å². The lowest BCUT2D eigenvalue weighted by Crippen LogP contribution is -2.40. The summed E-state index contributed by atoms with van der Waals surface area (Å²) in [6.45, 7) is 1.78. The first-order valence-corrected chi connectivity index (χ1v) is 11.5. The maximum atomic E-state index is 14.8. The molecule has 1 aromatic heterocycles. The Morgan fingerprint density at radius 3 is 2.33 bits per heavy atom. The Kier molecular flexibility index (Phi) is 8.31. The second kappa shape index (κ2) is 11.2. The third-order valence-corrected chi connectivity index (χ3v) is 6.22. The number of hydrogen-bond donors (Lipinski definition) is 3. The molecule has 0 saturated heterocycles. The minimum atomic E-state index is -1.19. The molecule has 0 aliphatic carbocycles. The van der Waals surface area contributed by atoms with Crippen molar-refractivity contribution < 1.29 is 27.9 Å². The molecule has 4 aromatic rings. The molecule has 0 radical (unpaired) electrons. The molecule has 10 heteroatoms. The third-order valence-electron chi connectivity index (χ3n) is 5.29. The second-order valence-corrected chi connectivity index (χ2v) is 8.83.